The van der Waals surface area contributed by atoms with E-state index < -0.39 is 54.6 Å². The number of nitrogens with zero attached hydrogens (tertiary/aromatic N) is 3. The van der Waals surface area contributed by atoms with Crippen LogP contribution in [0.15, 0.2) is 40.7 Å². The fourth-order valence-corrected chi connectivity index (χ4v) is 7.10. The maximum atomic E-state index is 15.8. The van der Waals surface area contributed by atoms with Crippen molar-refractivity contribution in [3.63, 3.8) is 0 Å². The zero-order valence-corrected chi connectivity index (χ0v) is 26.8. The predicted molar refractivity (Wildman–Crippen MR) is 158 cm³/mol. The van der Waals surface area contributed by atoms with Crippen LogP contribution in [0.4, 0.5) is 18.7 Å². The molecule has 1 saturated heterocycles. The van der Waals surface area contributed by atoms with Gasteiger partial charge in [0.05, 0.1) is 27.3 Å². The molecule has 1 unspecified atom stereocenters. The summed E-state index contributed by atoms with van der Waals surface area (Å²) in [4.78, 5) is 16.7. The molecule has 15 heteroatoms. The van der Waals surface area contributed by atoms with Crippen LogP contribution >= 0.6 is 22.9 Å². The lowest BCUT2D eigenvalue weighted by Crippen LogP contribution is -2.40. The summed E-state index contributed by atoms with van der Waals surface area (Å²) in [5.74, 6) is -2.57. The highest BCUT2D eigenvalue weighted by molar-refractivity contribution is 7.93. The molecule has 3 aromatic rings. The number of halogens is 3. The van der Waals surface area contributed by atoms with Crippen LogP contribution in [0, 0.1) is 11.6 Å². The molecule has 0 aliphatic carbocycles. The van der Waals surface area contributed by atoms with Gasteiger partial charge in [-0.3, -0.25) is 0 Å². The average Bonchev–Trinajstić information content (AvgIpc) is 3.59. The molecule has 234 valence electrons. The molecule has 1 aliphatic rings. The molecule has 0 saturated carbocycles. The Balaban J connectivity index is 1.67. The number of carbonyl (C=O) groups is 1. The quantitative estimate of drug-likeness (QED) is 0.248. The van der Waals surface area contributed by atoms with Crippen LogP contribution in [0.25, 0.3) is 0 Å². The van der Waals surface area contributed by atoms with Crippen molar-refractivity contribution in [1.82, 2.24) is 9.88 Å². The highest BCUT2D eigenvalue weighted by Gasteiger charge is 2.42. The Labute approximate surface area is 258 Å². The highest BCUT2D eigenvalue weighted by atomic mass is 35.5. The van der Waals surface area contributed by atoms with E-state index in [0.717, 1.165) is 21.7 Å². The molecular weight excluding hydrogens is 628 g/mol. The third kappa shape index (κ3) is 7.07. The minimum atomic E-state index is -4.91. The Kier molecular flexibility index (Phi) is 9.33. The van der Waals surface area contributed by atoms with Crippen molar-refractivity contribution >= 4 is 44.2 Å². The fraction of sp³-hybridized carbons (Fsp3) is 0.429. The number of benzene rings is 2. The number of hydrogen-bond donors (Lipinski definition) is 0. The molecule has 2 aromatic carbocycles. The number of methoxy groups -OCH3 is 2. The van der Waals surface area contributed by atoms with Gasteiger partial charge in [-0.1, -0.05) is 11.6 Å². The molecule has 1 fully saturated rings. The molecule has 2 heterocycles. The van der Waals surface area contributed by atoms with Crippen LogP contribution in [0.3, 0.4) is 0 Å². The van der Waals surface area contributed by atoms with Crippen molar-refractivity contribution in [3.8, 4) is 17.2 Å². The number of carbonyl (C=O) groups excluding carboxylic acids is 1. The molecule has 1 amide bonds. The van der Waals surface area contributed by atoms with Crippen LogP contribution in [-0.4, -0.2) is 62.9 Å². The van der Waals surface area contributed by atoms with Gasteiger partial charge < -0.3 is 23.8 Å². The van der Waals surface area contributed by atoms with Crippen LogP contribution < -0.4 is 18.5 Å². The lowest BCUT2D eigenvalue weighted by molar-refractivity contribution is 0.0228. The number of anilines is 1. The van der Waals surface area contributed by atoms with Crippen LogP contribution in [0.1, 0.15) is 39.7 Å². The molecule has 4 rings (SSSR count). The summed E-state index contributed by atoms with van der Waals surface area (Å²) in [5.41, 5.74) is -1.39. The topological polar surface area (TPSA) is 108 Å². The first kappa shape index (κ1) is 32.6. The molecule has 43 heavy (non-hydrogen) atoms. The lowest BCUT2D eigenvalue weighted by atomic mass is 10.1. The molecule has 0 spiro atoms. The van der Waals surface area contributed by atoms with E-state index >= 15 is 8.78 Å². The Morgan fingerprint density at radius 1 is 1.19 bits per heavy atom. The van der Waals surface area contributed by atoms with Gasteiger partial charge in [0.15, 0.2) is 21.7 Å². The van der Waals surface area contributed by atoms with Crippen molar-refractivity contribution in [1.29, 1.82) is 0 Å². The van der Waals surface area contributed by atoms with Gasteiger partial charge in [-0.2, -0.15) is 0 Å². The number of amides is 1. The number of hydrogen-bond acceptors (Lipinski definition) is 9. The SMILES string of the molecule is COc1ccc(CN(c2nccs2)S(=O)(=O)c2c(F)cc(OC3(C)CCN(C(=O)OC(C)(C)C)C3)c(Cl)c2F)c(OC)c1. The monoisotopic (exact) mass is 659 g/mol. The standard InChI is InChI=1S/C28H32ClF2N3O7S2/c1-27(2,3)41-26(35)33-11-9-28(4,16-33)40-21-14-19(30)24(23(31)22(21)29)43(36,37)34(25-32-10-12-42-25)15-17-7-8-18(38-5)13-20(17)39-6/h7-8,10,12-14H,9,11,15-16H2,1-6H3. The smallest absolute Gasteiger partial charge is 0.410 e. The molecule has 1 aromatic heterocycles. The van der Waals surface area contributed by atoms with Gasteiger partial charge in [0.2, 0.25) is 0 Å². The van der Waals surface area contributed by atoms with Gasteiger partial charge >= 0.3 is 6.09 Å². The molecule has 0 N–H and O–H groups in total. The maximum Gasteiger partial charge on any atom is 0.410 e. The first-order valence-electron chi connectivity index (χ1n) is 13.1. The van der Waals surface area contributed by atoms with E-state index in [2.05, 4.69) is 4.98 Å². The number of sulfonamides is 1. The number of ether oxygens (including phenoxy) is 4. The van der Waals surface area contributed by atoms with Crippen molar-refractivity contribution in [2.75, 3.05) is 31.6 Å². The van der Waals surface area contributed by atoms with Gasteiger partial charge in [0.1, 0.15) is 33.5 Å². The molecule has 1 atom stereocenters. The summed E-state index contributed by atoms with van der Waals surface area (Å²) < 4.78 is 81.9. The highest BCUT2D eigenvalue weighted by Crippen LogP contribution is 2.40. The fourth-order valence-electron chi connectivity index (χ4n) is 4.47. The minimum Gasteiger partial charge on any atom is -0.497 e. The van der Waals surface area contributed by atoms with E-state index in [4.69, 9.17) is 30.5 Å². The maximum absolute atomic E-state index is 15.8. The number of likely N-dealkylation sites (tertiary alicyclic amines) is 1. The summed E-state index contributed by atoms with van der Waals surface area (Å²) in [7, 11) is -2.04. The minimum absolute atomic E-state index is 0.0335. The van der Waals surface area contributed by atoms with Gasteiger partial charge in [-0.05, 0) is 39.8 Å². The zero-order valence-electron chi connectivity index (χ0n) is 24.4. The zero-order chi connectivity index (χ0) is 31.7. The van der Waals surface area contributed by atoms with E-state index in [9.17, 15) is 13.2 Å². The van der Waals surface area contributed by atoms with Gasteiger partial charge in [0.25, 0.3) is 10.0 Å². The van der Waals surface area contributed by atoms with Crippen LogP contribution in [0.2, 0.25) is 5.02 Å². The Bertz CT molecular complexity index is 1600. The predicted octanol–water partition coefficient (Wildman–Crippen LogP) is 6.27. The summed E-state index contributed by atoms with van der Waals surface area (Å²) in [6.07, 6.45) is 1.13. The van der Waals surface area contributed by atoms with Crippen molar-refractivity contribution in [3.05, 3.63) is 58.1 Å². The van der Waals surface area contributed by atoms with E-state index in [1.165, 1.54) is 30.7 Å². The number of rotatable bonds is 9. The van der Waals surface area contributed by atoms with Crippen molar-refractivity contribution in [2.24, 2.45) is 0 Å². The summed E-state index contributed by atoms with van der Waals surface area (Å²) in [5, 5.41) is 0.773. The molecule has 0 bridgehead atoms. The van der Waals surface area contributed by atoms with E-state index in [1.54, 1.807) is 45.9 Å². The second-order valence-electron chi connectivity index (χ2n) is 11.0. The van der Waals surface area contributed by atoms with Gasteiger partial charge in [-0.15, -0.1) is 11.3 Å². The summed E-state index contributed by atoms with van der Waals surface area (Å²) >= 11 is 7.24. The van der Waals surface area contributed by atoms with Crippen LogP contribution in [-0.2, 0) is 21.3 Å². The third-order valence-electron chi connectivity index (χ3n) is 6.52. The number of thiazole rings is 1. The average molecular weight is 660 g/mol. The third-order valence-corrected chi connectivity index (χ3v) is 9.55. The van der Waals surface area contributed by atoms with Crippen LogP contribution in [0.5, 0.6) is 17.2 Å². The van der Waals surface area contributed by atoms with Crippen molar-refractivity contribution < 1.29 is 40.9 Å². The molecular formula is C28H32ClF2N3O7S2. The Morgan fingerprint density at radius 3 is 2.51 bits per heavy atom. The summed E-state index contributed by atoms with van der Waals surface area (Å²) in [6, 6.07) is 5.46. The van der Waals surface area contributed by atoms with E-state index in [-0.39, 0.29) is 24.8 Å². The first-order valence-corrected chi connectivity index (χ1v) is 15.8. The summed E-state index contributed by atoms with van der Waals surface area (Å²) in [6.45, 7) is 6.83. The van der Waals surface area contributed by atoms with Gasteiger partial charge in [0, 0.05) is 42.2 Å². The van der Waals surface area contributed by atoms with E-state index in [0.29, 0.717) is 23.5 Å². The molecule has 1 aliphatic heterocycles. The largest absolute Gasteiger partial charge is 0.497 e. The van der Waals surface area contributed by atoms with Gasteiger partial charge in [-0.25, -0.2) is 31.3 Å². The molecule has 0 radical (unpaired) electrons. The van der Waals surface area contributed by atoms with Crippen molar-refractivity contribution in [2.45, 2.75) is 56.8 Å². The second kappa shape index (κ2) is 12.3. The lowest BCUT2D eigenvalue weighted by Gasteiger charge is -2.29. The Morgan fingerprint density at radius 2 is 1.91 bits per heavy atom. The first-order chi connectivity index (χ1) is 20.1. The Hall–Kier alpha value is -3.36. The van der Waals surface area contributed by atoms with E-state index in [1.807, 2.05) is 0 Å². The second-order valence-corrected chi connectivity index (χ2v) is 14.1. The normalized spacial score (nSPS) is 17.1. The molecule has 10 nitrogen and oxygen atoms in total. The number of aromatic nitrogens is 1.